The zero-order chi connectivity index (χ0) is 88.4. The summed E-state index contributed by atoms with van der Waals surface area (Å²) in [6.45, 7) is 18.9. The van der Waals surface area contributed by atoms with Crippen LogP contribution in [-0.4, -0.2) is 239 Å². The Bertz CT molecular complexity index is 5170. The zero-order valence-corrected chi connectivity index (χ0v) is 73.3. The molecule has 123 heavy (non-hydrogen) atoms. The van der Waals surface area contributed by atoms with Crippen LogP contribution < -0.4 is 46.7 Å². The summed E-state index contributed by atoms with van der Waals surface area (Å²) in [6, 6.07) is 22.9. The van der Waals surface area contributed by atoms with Crippen molar-refractivity contribution in [2.45, 2.75) is 231 Å². The van der Waals surface area contributed by atoms with E-state index in [-0.39, 0.29) is 128 Å². The first-order valence-electron chi connectivity index (χ1n) is 37.9. The quantitative estimate of drug-likeness (QED) is 0.0205. The van der Waals surface area contributed by atoms with Crippen LogP contribution in [-0.2, 0) is 77.7 Å². The number of benzene rings is 2. The second-order valence-electron chi connectivity index (χ2n) is 29.2. The van der Waals surface area contributed by atoms with E-state index in [2.05, 4.69) is 42.1 Å². The largest absolute Gasteiger partial charge is 1.00 e. The third-order valence-corrected chi connectivity index (χ3v) is 21.1. The van der Waals surface area contributed by atoms with E-state index in [0.29, 0.717) is 15.9 Å². The molecule has 14 rings (SSSR count). The fourth-order valence-corrected chi connectivity index (χ4v) is 14.5. The van der Waals surface area contributed by atoms with Gasteiger partial charge in [-0.2, -0.15) is 0 Å². The van der Waals surface area contributed by atoms with E-state index in [1.807, 2.05) is 67.5 Å². The second kappa shape index (κ2) is 47.7. The number of hydrogen-bond donors (Lipinski definition) is 12. The summed E-state index contributed by atoms with van der Waals surface area (Å²) in [5.74, 6) is -3.29. The van der Waals surface area contributed by atoms with Gasteiger partial charge in [-0.05, 0) is 140 Å². The van der Waals surface area contributed by atoms with Gasteiger partial charge in [-0.1, -0.05) is 71.5 Å². The van der Waals surface area contributed by atoms with E-state index in [9.17, 15) is 63.9 Å². The number of fused-ring (bicyclic) bond motifs is 2. The van der Waals surface area contributed by atoms with Gasteiger partial charge in [-0.3, -0.25) is 72.0 Å². The van der Waals surface area contributed by atoms with Gasteiger partial charge in [0.15, 0.2) is 78.3 Å². The number of nitrogens with one attached hydrogen (secondary N) is 6. The van der Waals surface area contributed by atoms with E-state index < -0.39 is 140 Å². The molecule has 674 valence electrons. The molecular formula is C78H107LiN10O29S5. The molecule has 20 atom stereocenters. The van der Waals surface area contributed by atoms with Crippen LogP contribution in [0.5, 0.6) is 0 Å². The predicted molar refractivity (Wildman–Crippen MR) is 446 cm³/mol. The van der Waals surface area contributed by atoms with Crippen molar-refractivity contribution in [1.29, 1.82) is 0 Å². The zero-order valence-electron chi connectivity index (χ0n) is 69.2. The molecule has 39 nitrogen and oxygen atoms in total. The third-order valence-electron chi connectivity index (χ3n) is 19.6. The number of aliphatic hydroxyl groups excluding tert-OH is 6. The number of aromatic nitrogens is 10. The number of H-pyrrole nitrogens is 6. The van der Waals surface area contributed by atoms with Crippen LogP contribution in [0, 0.1) is 35.7 Å². The maximum Gasteiger partial charge on any atom is 1.00 e. The second-order valence-corrected chi connectivity index (χ2v) is 31.2. The van der Waals surface area contributed by atoms with Gasteiger partial charge in [-0.25, -0.2) is 9.59 Å². The Hall–Kier alpha value is -7.77. The molecule has 13 N–H and O–H groups in total. The molecule has 7 fully saturated rings. The maximum atomic E-state index is 12.5. The van der Waals surface area contributed by atoms with Crippen molar-refractivity contribution in [1.82, 2.24) is 48.2 Å². The SMILES string of the molecule is C.CC1(C)OC2[C@@H](CO)O[C@@H](n3cc(CO)c(=O)[nH]c3=S)[C@H]2O1.CC1(C)OC2[C@@H](CO)O[C@@H](n3ccc(=O)[nH]c3=S)[C@H]2O1.CC[C@H]1O[C@@H](OC(C)=O)[C@@H](OC(=O)c2ccccc2)C1C.CC[C@H]1O[C@@H](n2ccc(=O)[nH]c2=S)[C@@H](OC(=O)c2ccccc2)C1C.COC(C)(C)OC.O=c1cc[nH]c(=S)[nH]1.O=c1ccn([C@@H]2O[C@H](CO)C(O)[C@@H]2O)c(=S)[nH]1.[Li+].[OH-]. The van der Waals surface area contributed by atoms with Gasteiger partial charge >= 0.3 is 36.8 Å². The first kappa shape index (κ1) is 106. The Morgan fingerprint density at radius 3 is 1.26 bits per heavy atom. The number of rotatable bonds is 17. The van der Waals surface area contributed by atoms with Gasteiger partial charge in [0.2, 0.25) is 6.29 Å². The molecule has 2 aromatic carbocycles. The number of nitrogens with zero attached hydrogens (tertiary/aromatic N) is 4. The molecule has 7 saturated heterocycles. The number of ether oxygens (including phenoxy) is 14. The molecule has 5 unspecified atom stereocenters. The number of carbonyl (C=O) groups is 3. The molecule has 7 aliphatic rings. The number of aromatic amines is 6. The summed E-state index contributed by atoms with van der Waals surface area (Å²) in [4.78, 5) is 106. The maximum absolute atomic E-state index is 12.5. The Morgan fingerprint density at radius 2 is 0.878 bits per heavy atom. The number of hydrogen-bond acceptors (Lipinski definition) is 34. The average molecular weight is 1820 g/mol. The van der Waals surface area contributed by atoms with E-state index in [0.717, 1.165) is 12.8 Å². The van der Waals surface area contributed by atoms with Gasteiger partial charge in [0, 0.05) is 88.2 Å². The molecule has 45 heteroatoms. The standard InChI is InChI=1S/C18H20N2O4S.C16H20O5.C13H18N2O6S.C12H16N2O5S.C9H12N2O5S.C5H12O2.C4H4N2OS.CH4.Li.H2O/c1-3-13-11(2)15(24-17(22)12-7-5-4-6-8-12)16(23-13)20-10-9-14(21)19-18(20)25;1-4-13-10(2)14(16(20-13)19-11(3)17)21-15(18)12-8-6-5-7-9-12;1-13(2)20-8-7(5-17)19-11(9(8)21-13)15-3-6(4-16)10(18)14-12(15)22;1-12(2)18-8-6(5-15)17-10(9(8)19-12)14-4-3-7(16)13-11(14)20;12-3-4-6(14)7(15)8(16-4)11-2-1-5(13)10-9(11)17;1-5(2,6-3)7-4;7-3-1-2-5-4(8)6-3;;;/h4-11,13,15-16H,3H2,1-2H3,(H,19,21,25);5-10,13-14,16H,4H2,1-3H3;3,7-9,11,16-17H,4-5H2,1-2H3,(H,14,18,22);3-4,6,8-10,15H,5H2,1-2H3,(H,13,16,20);1-2,4,6-8,12,14-15H,3H2,(H,10,13,17);1-4H3;1-2H,(H2,5,6,7,8);1H4;;1H2/q;;;;;;;;+1;/p-1/t11?,13-,15+,16-;10?,13-,14+,16-;7-,8?,9+,11-;6-,8?,9+,10-;4-,6?,7+,8-;;;;;/m11111...../s1. The average Bonchev–Trinajstić information content (AvgIpc) is 1.61. The van der Waals surface area contributed by atoms with Crippen LogP contribution in [0.3, 0.4) is 0 Å². The van der Waals surface area contributed by atoms with Gasteiger partial charge in [-0.15, -0.1) is 0 Å². The minimum absolute atomic E-state index is 0. The minimum Gasteiger partial charge on any atom is -0.870 e. The topological polar surface area (TPSA) is 532 Å². The molecule has 7 aromatic rings. The van der Waals surface area contributed by atoms with Crippen LogP contribution in [0.4, 0.5) is 0 Å². The molecule has 0 bridgehead atoms. The fourth-order valence-electron chi connectivity index (χ4n) is 13.3. The molecule has 12 heterocycles. The summed E-state index contributed by atoms with van der Waals surface area (Å²) >= 11 is 25.0. The number of esters is 3. The fraction of sp³-hybridized carbons (Fsp3) is 0.551. The Morgan fingerprint density at radius 1 is 0.496 bits per heavy atom. The van der Waals surface area contributed by atoms with Crippen molar-refractivity contribution in [2.75, 3.05) is 34.0 Å². The van der Waals surface area contributed by atoms with Crippen molar-refractivity contribution < 1.29 is 136 Å². The molecule has 0 radical (unpaired) electrons. The molecular weight excluding hydrogens is 1710 g/mol. The van der Waals surface area contributed by atoms with Crippen molar-refractivity contribution in [3.05, 3.63) is 208 Å². The molecule has 0 amide bonds. The van der Waals surface area contributed by atoms with Gasteiger partial charge < -0.3 is 107 Å². The van der Waals surface area contributed by atoms with Crippen LogP contribution >= 0.6 is 61.1 Å². The van der Waals surface area contributed by atoms with Crippen molar-refractivity contribution in [2.24, 2.45) is 11.8 Å². The number of carbonyl (C=O) groups excluding carboxylic acids is 3. The van der Waals surface area contributed by atoms with Crippen molar-refractivity contribution >= 4 is 79.0 Å². The molecule has 0 spiro atoms. The van der Waals surface area contributed by atoms with Crippen LogP contribution in [0.25, 0.3) is 0 Å². The van der Waals surface area contributed by atoms with E-state index >= 15 is 0 Å². The summed E-state index contributed by atoms with van der Waals surface area (Å²) in [5.41, 5.74) is -0.419. The summed E-state index contributed by atoms with van der Waals surface area (Å²) in [5, 5.41) is 56.4. The monoisotopic (exact) mass is 1810 g/mol. The van der Waals surface area contributed by atoms with Gasteiger partial charge in [0.25, 0.3) is 27.8 Å². The smallest absolute Gasteiger partial charge is 0.870 e. The van der Waals surface area contributed by atoms with E-state index in [1.54, 1.807) is 98.1 Å². The summed E-state index contributed by atoms with van der Waals surface area (Å²) in [7, 11) is 3.23. The molecule has 0 aliphatic carbocycles. The summed E-state index contributed by atoms with van der Waals surface area (Å²) in [6.07, 6.45) is -1.79. The molecule has 0 saturated carbocycles. The van der Waals surface area contributed by atoms with Crippen molar-refractivity contribution in [3.8, 4) is 0 Å². The van der Waals surface area contributed by atoms with Gasteiger partial charge in [0.1, 0.15) is 54.9 Å². The normalized spacial score (nSPS) is 27.5. The first-order chi connectivity index (χ1) is 56.7. The summed E-state index contributed by atoms with van der Waals surface area (Å²) < 4.78 is 85.0. The van der Waals surface area contributed by atoms with Crippen LogP contribution in [0.2, 0.25) is 0 Å². The molecule has 5 aromatic heterocycles. The van der Waals surface area contributed by atoms with Gasteiger partial charge in [0.05, 0.1) is 55.3 Å². The van der Waals surface area contributed by atoms with E-state index in [1.165, 1.54) is 58.9 Å². The minimum atomic E-state index is -1.22. The molecule has 7 aliphatic heterocycles. The third kappa shape index (κ3) is 27.9. The van der Waals surface area contributed by atoms with Crippen LogP contribution in [0.15, 0.2) is 140 Å². The number of methoxy groups -OCH3 is 2. The Labute approximate surface area is 743 Å². The first-order valence-corrected chi connectivity index (χ1v) is 39.9. The number of aliphatic hydroxyl groups is 6. The predicted octanol–water partition coefficient (Wildman–Crippen LogP) is 3.17. The van der Waals surface area contributed by atoms with Crippen LogP contribution in [0.1, 0.15) is 148 Å². The Kier molecular flexibility index (Phi) is 41.0. The van der Waals surface area contributed by atoms with E-state index in [4.69, 9.17) is 120 Å². The Balaban J connectivity index is 0.000000261. The van der Waals surface area contributed by atoms with Crippen molar-refractivity contribution in [3.63, 3.8) is 0 Å².